The Bertz CT molecular complexity index is 1500. The number of methoxy groups -OCH3 is 3. The number of hydrogen-bond donors (Lipinski definition) is 3. The van der Waals surface area contributed by atoms with Gasteiger partial charge >= 0.3 is 66.9 Å². The molecule has 2 aromatic heterocycles. The molecule has 0 bridgehead atoms. The monoisotopic (exact) mass is 736 g/mol. The summed E-state index contributed by atoms with van der Waals surface area (Å²) in [6, 6.07) is 6.06. The Kier molecular flexibility index (Phi) is 25.5. The number of carbonyl (C=O) groups is 1. The van der Waals surface area contributed by atoms with E-state index in [0.29, 0.717) is 28.0 Å². The van der Waals surface area contributed by atoms with Crippen LogP contribution in [0.1, 0.15) is 16.7 Å². The van der Waals surface area contributed by atoms with E-state index in [0.717, 1.165) is 13.3 Å². The van der Waals surface area contributed by atoms with Crippen LogP contribution in [0.25, 0.3) is 0 Å². The first-order chi connectivity index (χ1) is 18.9. The van der Waals surface area contributed by atoms with Crippen molar-refractivity contribution in [1.82, 2.24) is 15.0 Å². The van der Waals surface area contributed by atoms with E-state index >= 15 is 0 Å². The summed E-state index contributed by atoms with van der Waals surface area (Å²) in [5.41, 5.74) is -1.000. The van der Waals surface area contributed by atoms with Crippen molar-refractivity contribution in [2.45, 2.75) is 19.4 Å². The van der Waals surface area contributed by atoms with Crippen LogP contribution >= 0.6 is 7.82 Å². The van der Waals surface area contributed by atoms with Crippen molar-refractivity contribution in [3.8, 4) is 23.0 Å². The number of anilines is 5. The van der Waals surface area contributed by atoms with Crippen LogP contribution in [-0.2, 0) is 18.5 Å². The minimum absolute atomic E-state index is 0. The Morgan fingerprint density at radius 3 is 2.00 bits per heavy atom. The Balaban J connectivity index is -0.000000370. The summed E-state index contributed by atoms with van der Waals surface area (Å²) in [6.07, 6.45) is 0.930. The second kappa shape index (κ2) is 22.3. The molecule has 25 heteroatoms. The largest absolute Gasteiger partial charge is 1.00 e. The number of aromatic nitrogens is 3. The van der Waals surface area contributed by atoms with Gasteiger partial charge in [-0.2, -0.15) is 14.7 Å². The van der Waals surface area contributed by atoms with Crippen LogP contribution in [0.15, 0.2) is 30.5 Å². The van der Waals surface area contributed by atoms with E-state index in [1.165, 1.54) is 47.3 Å². The second-order valence-corrected chi connectivity index (χ2v) is 9.98. The molecule has 1 unspecified atom stereocenters. The fraction of sp³-hybridized carbons (Fsp3) is 0.304. The van der Waals surface area contributed by atoms with Gasteiger partial charge in [0.05, 0.1) is 27.5 Å². The van der Waals surface area contributed by atoms with E-state index in [2.05, 4.69) is 30.1 Å². The smallest absolute Gasteiger partial charge is 1.00 e. The maximum absolute atomic E-state index is 14.7. The number of fused-ring (bicyclic) bond motifs is 1. The van der Waals surface area contributed by atoms with Crippen molar-refractivity contribution < 1.29 is 142 Å². The normalized spacial score (nSPS) is 12.8. The van der Waals surface area contributed by atoms with E-state index in [4.69, 9.17) is 23.6 Å². The number of ether oxygens (including phenoxy) is 4. The number of halogens is 1. The molecule has 1 atom stereocenters. The zero-order chi connectivity index (χ0) is 29.2. The van der Waals surface area contributed by atoms with Crippen LogP contribution in [0.3, 0.4) is 0 Å². The van der Waals surface area contributed by atoms with E-state index in [-0.39, 0.29) is 124 Å². The number of carbonyl (C=O) groups excluding carboxylic acids is 1. The fourth-order valence-electron chi connectivity index (χ4n) is 3.52. The summed E-state index contributed by atoms with van der Waals surface area (Å²) in [7, 11) is 0.665. The SMILES string of the molecule is COc1cc(Nc2ncc(F)c(Nc3ccc4c(n3)N(OP(=O)(O)OC)C(=O)C(C)(C)O4)n2)cc(OC)c1OC.O.O.O.O.O.O.[H-].[H-].[Na+].[Na+]. The maximum Gasteiger partial charge on any atom is 1.00 e. The molecule has 1 aliphatic rings. The number of pyridine rings is 1. The second-order valence-electron chi connectivity index (χ2n) is 8.52. The number of rotatable bonds is 10. The third-order valence-electron chi connectivity index (χ3n) is 5.42. The average molecular weight is 737 g/mol. The molecule has 0 spiro atoms. The number of amides is 1. The summed E-state index contributed by atoms with van der Waals surface area (Å²) in [5, 5.41) is 6.12. The van der Waals surface area contributed by atoms with Gasteiger partial charge < -0.3 is 70.2 Å². The van der Waals surface area contributed by atoms with E-state index in [1.54, 1.807) is 12.1 Å². The molecule has 0 aliphatic carbocycles. The van der Waals surface area contributed by atoms with Crippen molar-refractivity contribution in [3.05, 3.63) is 36.3 Å². The van der Waals surface area contributed by atoms with Gasteiger partial charge in [-0.05, 0) is 26.0 Å². The molecule has 4 rings (SSSR count). The molecule has 1 aromatic carbocycles. The molecule has 15 N–H and O–H groups in total. The van der Waals surface area contributed by atoms with Crippen LogP contribution in [0.2, 0.25) is 0 Å². The molecule has 0 saturated carbocycles. The summed E-state index contributed by atoms with van der Waals surface area (Å²) >= 11 is 0. The van der Waals surface area contributed by atoms with Gasteiger partial charge in [0.1, 0.15) is 5.82 Å². The quantitative estimate of drug-likeness (QED) is 0.129. The molecule has 1 amide bonds. The number of phosphoric ester groups is 1. The van der Waals surface area contributed by atoms with Crippen LogP contribution < -0.4 is 93.8 Å². The van der Waals surface area contributed by atoms with Gasteiger partial charge in [0, 0.05) is 24.9 Å². The van der Waals surface area contributed by atoms with Crippen molar-refractivity contribution >= 4 is 42.8 Å². The number of phosphoric acid groups is 1. The molecule has 21 nitrogen and oxygen atoms in total. The third-order valence-corrected chi connectivity index (χ3v) is 6.25. The molecule has 3 heterocycles. The van der Waals surface area contributed by atoms with Crippen LogP contribution in [0, 0.1) is 5.82 Å². The van der Waals surface area contributed by atoms with Gasteiger partial charge in [0.15, 0.2) is 34.5 Å². The van der Waals surface area contributed by atoms with Crippen molar-refractivity contribution in [3.63, 3.8) is 0 Å². The van der Waals surface area contributed by atoms with Crippen molar-refractivity contribution in [1.29, 1.82) is 0 Å². The van der Waals surface area contributed by atoms with Gasteiger partial charge in [-0.25, -0.2) is 18.9 Å². The number of benzene rings is 1. The Hall–Kier alpha value is -2.48. The van der Waals surface area contributed by atoms with Gasteiger partial charge in [-0.3, -0.25) is 9.32 Å². The third kappa shape index (κ3) is 12.1. The molecule has 0 fully saturated rings. The first-order valence-corrected chi connectivity index (χ1v) is 12.9. The average Bonchev–Trinajstić information content (AvgIpc) is 2.92. The molecule has 0 saturated heterocycles. The van der Waals surface area contributed by atoms with Crippen LogP contribution in [0.5, 0.6) is 23.0 Å². The molecular formula is C23H40FN6Na2O15P. The number of nitrogens with one attached hydrogen (secondary N) is 2. The number of hydroxylamine groups is 1. The van der Waals surface area contributed by atoms with Crippen molar-refractivity contribution in [2.75, 3.05) is 44.1 Å². The van der Waals surface area contributed by atoms with E-state index in [1.807, 2.05) is 0 Å². The molecule has 0 radical (unpaired) electrons. The zero-order valence-electron chi connectivity index (χ0n) is 29.2. The minimum Gasteiger partial charge on any atom is -1.00 e. The van der Waals surface area contributed by atoms with E-state index < -0.39 is 25.1 Å². The molecule has 1 aliphatic heterocycles. The molecular weight excluding hydrogens is 696 g/mol. The Labute approximate surface area is 320 Å². The van der Waals surface area contributed by atoms with Crippen LogP contribution in [-0.4, -0.2) is 92.6 Å². The minimum atomic E-state index is -4.66. The summed E-state index contributed by atoms with van der Waals surface area (Å²) in [5.74, 6) is -1.04. The fourth-order valence-corrected chi connectivity index (χ4v) is 3.95. The van der Waals surface area contributed by atoms with Gasteiger partial charge in [0.2, 0.25) is 17.5 Å². The summed E-state index contributed by atoms with van der Waals surface area (Å²) < 4.78 is 57.8. The molecule has 3 aromatic rings. The number of hydrogen-bond acceptors (Lipinski definition) is 13. The predicted molar refractivity (Wildman–Crippen MR) is 163 cm³/mol. The summed E-state index contributed by atoms with van der Waals surface area (Å²) in [6.45, 7) is 2.88. The van der Waals surface area contributed by atoms with E-state index in [9.17, 15) is 18.6 Å². The van der Waals surface area contributed by atoms with Gasteiger partial charge in [-0.1, -0.05) is 0 Å². The molecule has 48 heavy (non-hydrogen) atoms. The van der Waals surface area contributed by atoms with Gasteiger partial charge in [0.25, 0.3) is 5.91 Å². The first-order valence-electron chi connectivity index (χ1n) is 11.4. The first kappa shape index (κ1) is 55.0. The number of nitrogens with zero attached hydrogens (tertiary/aromatic N) is 4. The topological polar surface area (TPSA) is 365 Å². The van der Waals surface area contributed by atoms with Crippen molar-refractivity contribution in [2.24, 2.45) is 0 Å². The zero-order valence-corrected chi connectivity index (χ0v) is 32.1. The Morgan fingerprint density at radius 1 is 0.938 bits per heavy atom. The van der Waals surface area contributed by atoms with Crippen LogP contribution in [0.4, 0.5) is 33.5 Å². The van der Waals surface area contributed by atoms with Gasteiger partial charge in [-0.15, -0.1) is 0 Å². The molecule has 266 valence electrons. The summed E-state index contributed by atoms with van der Waals surface area (Å²) in [4.78, 5) is 35.0. The predicted octanol–water partition coefficient (Wildman–Crippen LogP) is -7.01. The Morgan fingerprint density at radius 2 is 1.50 bits per heavy atom. The standard InChI is InChI=1S/C23H26FN6O9P.2Na.6H2O.2H/c1-23(2)21(31)30(39-40(32,33)37-6)20-14(38-23)7-8-17(28-20)27-19-13(24)11-25-22(29-19)26-12-9-15(34-3)18(36-5)16(10-12)35-4;;;;;;;;;;/h7-11H,1-6H3,(H,32,33)(H2,25,26,27,28,29);;;6*1H2;;/q;2*+1;;;;;;;2*-1. The maximum atomic E-state index is 14.7.